The summed E-state index contributed by atoms with van der Waals surface area (Å²) < 4.78 is 0. The predicted molar refractivity (Wildman–Crippen MR) is 75.1 cm³/mol. The van der Waals surface area contributed by atoms with Crippen LogP contribution >= 0.6 is 11.3 Å². The molecule has 1 fully saturated rings. The van der Waals surface area contributed by atoms with Gasteiger partial charge >= 0.3 is 11.8 Å². The Morgan fingerprint density at radius 3 is 2.53 bits per heavy atom. The molecule has 1 N–H and O–H groups in total. The van der Waals surface area contributed by atoms with Gasteiger partial charge in [-0.2, -0.15) is 0 Å². The summed E-state index contributed by atoms with van der Waals surface area (Å²) in [7, 11) is 0. The predicted octanol–water partition coefficient (Wildman–Crippen LogP) is 2.18. The summed E-state index contributed by atoms with van der Waals surface area (Å²) in [4.78, 5) is 30.0. The number of likely N-dealkylation sites (tertiary alicyclic amines) is 1. The number of nitrogens with one attached hydrogen (secondary N) is 1. The van der Waals surface area contributed by atoms with Gasteiger partial charge in [-0.1, -0.05) is 0 Å². The molecule has 0 spiro atoms. The minimum atomic E-state index is -0.588. The number of piperidine rings is 1. The summed E-state index contributed by atoms with van der Waals surface area (Å²) in [5, 5.41) is 4.90. The molecule has 0 saturated carbocycles. The third kappa shape index (κ3) is 3.12. The average molecular weight is 281 g/mol. The van der Waals surface area contributed by atoms with Gasteiger partial charge < -0.3 is 4.90 Å². The number of hydrogen-bond donors (Lipinski definition) is 1. The van der Waals surface area contributed by atoms with E-state index in [1.165, 1.54) is 11.3 Å². The highest BCUT2D eigenvalue weighted by Crippen LogP contribution is 2.23. The molecule has 1 aromatic heterocycles. The van der Waals surface area contributed by atoms with Crippen LogP contribution in [0.5, 0.6) is 0 Å². The fraction of sp³-hybridized carbons (Fsp3) is 0.615. The maximum atomic E-state index is 12.2. The third-order valence-electron chi connectivity index (χ3n) is 3.46. The molecule has 0 bridgehead atoms. The first kappa shape index (κ1) is 14.0. The standard InChI is InChI=1S/C13H19N3O2S/c1-8-7-19-13(14-8)15-11(17)12(18)16-9(2)5-4-6-10(16)3/h7,9-10H,4-6H2,1-3H3,(H,14,15,17). The quantitative estimate of drug-likeness (QED) is 0.803. The molecule has 5 nitrogen and oxygen atoms in total. The van der Waals surface area contributed by atoms with Gasteiger partial charge in [0.25, 0.3) is 0 Å². The lowest BCUT2D eigenvalue weighted by atomic mass is 9.97. The van der Waals surface area contributed by atoms with Gasteiger partial charge in [-0.05, 0) is 40.0 Å². The first-order valence-corrected chi connectivity index (χ1v) is 7.42. The molecule has 0 aliphatic carbocycles. The minimum absolute atomic E-state index is 0.125. The summed E-state index contributed by atoms with van der Waals surface area (Å²) in [5.41, 5.74) is 0.840. The van der Waals surface area contributed by atoms with Crippen LogP contribution in [0.15, 0.2) is 5.38 Å². The van der Waals surface area contributed by atoms with Crippen LogP contribution in [-0.4, -0.2) is 33.8 Å². The highest BCUT2D eigenvalue weighted by Gasteiger charge is 2.32. The summed E-state index contributed by atoms with van der Waals surface area (Å²) in [5.74, 6) is -1.04. The molecular weight excluding hydrogens is 262 g/mol. The van der Waals surface area contributed by atoms with E-state index in [4.69, 9.17) is 0 Å². The average Bonchev–Trinajstić information content (AvgIpc) is 2.74. The van der Waals surface area contributed by atoms with Gasteiger partial charge in [0.05, 0.1) is 5.69 Å². The Kier molecular flexibility index (Phi) is 4.19. The van der Waals surface area contributed by atoms with Crippen LogP contribution in [0.4, 0.5) is 5.13 Å². The van der Waals surface area contributed by atoms with Crippen molar-refractivity contribution in [3.8, 4) is 0 Å². The van der Waals surface area contributed by atoms with E-state index in [2.05, 4.69) is 10.3 Å². The van der Waals surface area contributed by atoms with Gasteiger partial charge in [0.15, 0.2) is 5.13 Å². The number of thiazole rings is 1. The Morgan fingerprint density at radius 2 is 2.00 bits per heavy atom. The Balaban J connectivity index is 2.03. The lowest BCUT2D eigenvalue weighted by Gasteiger charge is -2.38. The zero-order valence-corrected chi connectivity index (χ0v) is 12.3. The third-order valence-corrected chi connectivity index (χ3v) is 4.34. The molecule has 2 rings (SSSR count). The topological polar surface area (TPSA) is 62.3 Å². The van der Waals surface area contributed by atoms with Crippen LogP contribution in [-0.2, 0) is 9.59 Å². The lowest BCUT2D eigenvalue weighted by molar-refractivity contribution is -0.147. The van der Waals surface area contributed by atoms with Crippen molar-refractivity contribution >= 4 is 28.3 Å². The molecule has 104 valence electrons. The zero-order valence-electron chi connectivity index (χ0n) is 11.5. The number of amides is 2. The maximum Gasteiger partial charge on any atom is 0.315 e. The van der Waals surface area contributed by atoms with E-state index < -0.39 is 11.8 Å². The lowest BCUT2D eigenvalue weighted by Crippen LogP contribution is -2.51. The zero-order chi connectivity index (χ0) is 14.0. The SMILES string of the molecule is Cc1csc(NC(=O)C(=O)N2C(C)CCCC2C)n1. The van der Waals surface area contributed by atoms with Crippen LogP contribution in [0, 0.1) is 6.92 Å². The molecule has 19 heavy (non-hydrogen) atoms. The van der Waals surface area contributed by atoms with Gasteiger partial charge in [-0.15, -0.1) is 11.3 Å². The summed E-state index contributed by atoms with van der Waals surface area (Å²) in [6.07, 6.45) is 3.03. The molecule has 1 aliphatic rings. The van der Waals surface area contributed by atoms with Gasteiger partial charge in [0, 0.05) is 17.5 Å². The number of aryl methyl sites for hydroxylation is 1. The van der Waals surface area contributed by atoms with Crippen molar-refractivity contribution < 1.29 is 9.59 Å². The minimum Gasteiger partial charge on any atom is -0.329 e. The van der Waals surface area contributed by atoms with E-state index in [1.54, 1.807) is 4.90 Å². The summed E-state index contributed by atoms with van der Waals surface area (Å²) in [6, 6.07) is 0.250. The van der Waals surface area contributed by atoms with Gasteiger partial charge in [0.2, 0.25) is 0 Å². The molecule has 1 aromatic rings. The monoisotopic (exact) mass is 281 g/mol. The number of carbonyl (C=O) groups is 2. The molecule has 1 aliphatic heterocycles. The van der Waals surface area contributed by atoms with Gasteiger partial charge in [-0.3, -0.25) is 14.9 Å². The molecule has 2 unspecified atom stereocenters. The molecule has 0 aromatic carbocycles. The van der Waals surface area contributed by atoms with E-state index in [9.17, 15) is 9.59 Å². The van der Waals surface area contributed by atoms with Gasteiger partial charge in [0.1, 0.15) is 0 Å². The summed E-state index contributed by atoms with van der Waals surface area (Å²) in [6.45, 7) is 5.84. The van der Waals surface area contributed by atoms with Crippen molar-refractivity contribution in [2.75, 3.05) is 5.32 Å². The van der Waals surface area contributed by atoms with Crippen LogP contribution in [0.1, 0.15) is 38.8 Å². The molecule has 2 amide bonds. The van der Waals surface area contributed by atoms with Crippen LogP contribution in [0.3, 0.4) is 0 Å². The Labute approximate surface area is 117 Å². The molecule has 6 heteroatoms. The van der Waals surface area contributed by atoms with Gasteiger partial charge in [-0.25, -0.2) is 4.98 Å². The van der Waals surface area contributed by atoms with Crippen molar-refractivity contribution in [2.24, 2.45) is 0 Å². The Morgan fingerprint density at radius 1 is 1.37 bits per heavy atom. The molecule has 2 heterocycles. The molecule has 1 saturated heterocycles. The second kappa shape index (κ2) is 5.69. The van der Waals surface area contributed by atoms with Crippen molar-refractivity contribution in [3.05, 3.63) is 11.1 Å². The van der Waals surface area contributed by atoms with Crippen molar-refractivity contribution in [3.63, 3.8) is 0 Å². The Bertz CT molecular complexity index is 476. The second-order valence-electron chi connectivity index (χ2n) is 5.09. The fourth-order valence-corrected chi connectivity index (χ4v) is 3.18. The second-order valence-corrected chi connectivity index (χ2v) is 5.95. The maximum absolute atomic E-state index is 12.2. The molecular formula is C13H19N3O2S. The number of aromatic nitrogens is 1. The number of rotatable bonds is 1. The van der Waals surface area contributed by atoms with Crippen LogP contribution in [0.2, 0.25) is 0 Å². The fourth-order valence-electron chi connectivity index (χ4n) is 2.50. The highest BCUT2D eigenvalue weighted by molar-refractivity contribution is 7.14. The van der Waals surface area contributed by atoms with E-state index in [0.717, 1.165) is 25.0 Å². The largest absolute Gasteiger partial charge is 0.329 e. The first-order valence-electron chi connectivity index (χ1n) is 6.55. The molecule has 0 radical (unpaired) electrons. The first-order chi connectivity index (χ1) is 8.99. The molecule has 2 atom stereocenters. The van der Waals surface area contributed by atoms with Crippen LogP contribution in [0.25, 0.3) is 0 Å². The number of anilines is 1. The highest BCUT2D eigenvalue weighted by atomic mass is 32.1. The van der Waals surface area contributed by atoms with Crippen molar-refractivity contribution in [1.29, 1.82) is 0 Å². The van der Waals surface area contributed by atoms with E-state index >= 15 is 0 Å². The summed E-state index contributed by atoms with van der Waals surface area (Å²) >= 11 is 1.33. The van der Waals surface area contributed by atoms with Crippen molar-refractivity contribution in [2.45, 2.75) is 52.1 Å². The number of hydrogen-bond acceptors (Lipinski definition) is 4. The number of carbonyl (C=O) groups excluding carboxylic acids is 2. The van der Waals surface area contributed by atoms with Crippen molar-refractivity contribution in [1.82, 2.24) is 9.88 Å². The van der Waals surface area contributed by atoms with Crippen LogP contribution < -0.4 is 5.32 Å². The normalized spacial score (nSPS) is 23.2. The van der Waals surface area contributed by atoms with E-state index in [-0.39, 0.29) is 12.1 Å². The number of nitrogens with zero attached hydrogens (tertiary/aromatic N) is 2. The smallest absolute Gasteiger partial charge is 0.315 e. The van der Waals surface area contributed by atoms with E-state index in [1.807, 2.05) is 26.2 Å². The Hall–Kier alpha value is -1.43. The van der Waals surface area contributed by atoms with E-state index in [0.29, 0.717) is 5.13 Å².